The summed E-state index contributed by atoms with van der Waals surface area (Å²) in [6.07, 6.45) is 0.899. The zero-order valence-corrected chi connectivity index (χ0v) is 14.6. The number of hydrogen-bond acceptors (Lipinski definition) is 2. The predicted octanol–water partition coefficient (Wildman–Crippen LogP) is 3.58. The summed E-state index contributed by atoms with van der Waals surface area (Å²) >= 11 is 3.34. The second-order valence-corrected chi connectivity index (χ2v) is 6.94. The van der Waals surface area contributed by atoms with Crippen molar-refractivity contribution in [2.45, 2.75) is 34.1 Å². The molecule has 1 aromatic rings. The van der Waals surface area contributed by atoms with Gasteiger partial charge in [0.1, 0.15) is 5.41 Å². The standard InChI is InChI=1S/C16H23BrN2O2/c1-11(2)9-10-18-14(20)16(3,4)15(21)19-13-7-5-12(17)6-8-13/h5-8,11H,9-10H2,1-4H3,(H,18,20)(H,19,21). The molecule has 0 saturated heterocycles. The van der Waals surface area contributed by atoms with Gasteiger partial charge in [0.2, 0.25) is 11.8 Å². The van der Waals surface area contributed by atoms with E-state index in [2.05, 4.69) is 40.4 Å². The molecule has 0 bridgehead atoms. The Hall–Kier alpha value is -1.36. The monoisotopic (exact) mass is 354 g/mol. The lowest BCUT2D eigenvalue weighted by atomic mass is 9.90. The van der Waals surface area contributed by atoms with Crippen LogP contribution in [0.5, 0.6) is 0 Å². The van der Waals surface area contributed by atoms with Gasteiger partial charge in [0, 0.05) is 16.7 Å². The Labute approximate surface area is 134 Å². The summed E-state index contributed by atoms with van der Waals surface area (Å²) in [6, 6.07) is 7.25. The van der Waals surface area contributed by atoms with Crippen LogP contribution in [0.2, 0.25) is 0 Å². The molecule has 0 spiro atoms. The van der Waals surface area contributed by atoms with Gasteiger partial charge in [-0.05, 0) is 50.5 Å². The average molecular weight is 355 g/mol. The molecule has 0 unspecified atom stereocenters. The van der Waals surface area contributed by atoms with Gasteiger partial charge in [-0.25, -0.2) is 0 Å². The molecule has 1 rings (SSSR count). The van der Waals surface area contributed by atoms with Crippen LogP contribution >= 0.6 is 15.9 Å². The lowest BCUT2D eigenvalue weighted by molar-refractivity contribution is -0.138. The lowest BCUT2D eigenvalue weighted by Crippen LogP contribution is -2.45. The minimum Gasteiger partial charge on any atom is -0.355 e. The molecule has 2 amide bonds. The molecule has 116 valence electrons. The number of carbonyl (C=O) groups excluding carboxylic acids is 2. The molecule has 0 aliphatic rings. The number of rotatable bonds is 6. The van der Waals surface area contributed by atoms with Crippen molar-refractivity contribution in [2.75, 3.05) is 11.9 Å². The maximum absolute atomic E-state index is 12.3. The molecule has 0 aromatic heterocycles. The van der Waals surface area contributed by atoms with Gasteiger partial charge < -0.3 is 10.6 Å². The minimum atomic E-state index is -1.11. The van der Waals surface area contributed by atoms with Crippen LogP contribution in [-0.2, 0) is 9.59 Å². The van der Waals surface area contributed by atoms with Gasteiger partial charge >= 0.3 is 0 Å². The largest absolute Gasteiger partial charge is 0.355 e. The topological polar surface area (TPSA) is 58.2 Å². The van der Waals surface area contributed by atoms with E-state index in [1.165, 1.54) is 0 Å². The fraction of sp³-hybridized carbons (Fsp3) is 0.500. The van der Waals surface area contributed by atoms with E-state index >= 15 is 0 Å². The third-order valence-electron chi connectivity index (χ3n) is 3.24. The van der Waals surface area contributed by atoms with E-state index in [9.17, 15) is 9.59 Å². The molecule has 0 aliphatic carbocycles. The number of halogens is 1. The van der Waals surface area contributed by atoms with E-state index in [-0.39, 0.29) is 11.8 Å². The van der Waals surface area contributed by atoms with Crippen LogP contribution < -0.4 is 10.6 Å². The van der Waals surface area contributed by atoms with Gasteiger partial charge in [-0.1, -0.05) is 29.8 Å². The van der Waals surface area contributed by atoms with Gasteiger partial charge in [0.15, 0.2) is 0 Å². The van der Waals surface area contributed by atoms with Crippen molar-refractivity contribution in [2.24, 2.45) is 11.3 Å². The van der Waals surface area contributed by atoms with Gasteiger partial charge in [-0.15, -0.1) is 0 Å². The summed E-state index contributed by atoms with van der Waals surface area (Å²) in [4.78, 5) is 24.4. The molecule has 0 aliphatic heterocycles. The van der Waals surface area contributed by atoms with Gasteiger partial charge in [-0.3, -0.25) is 9.59 Å². The number of anilines is 1. The first-order chi connectivity index (χ1) is 9.73. The summed E-state index contributed by atoms with van der Waals surface area (Å²) in [5, 5.41) is 5.59. The Morgan fingerprint density at radius 2 is 1.71 bits per heavy atom. The van der Waals surface area contributed by atoms with Crippen molar-refractivity contribution in [3.8, 4) is 0 Å². The Kier molecular flexibility index (Phi) is 6.40. The molecule has 0 heterocycles. The molecule has 5 heteroatoms. The highest BCUT2D eigenvalue weighted by atomic mass is 79.9. The Morgan fingerprint density at radius 1 is 1.14 bits per heavy atom. The second kappa shape index (κ2) is 7.59. The number of amides is 2. The summed E-state index contributed by atoms with van der Waals surface area (Å²) in [7, 11) is 0. The summed E-state index contributed by atoms with van der Waals surface area (Å²) < 4.78 is 0.936. The van der Waals surface area contributed by atoms with E-state index in [1.807, 2.05) is 12.1 Å². The lowest BCUT2D eigenvalue weighted by Gasteiger charge is -2.23. The summed E-state index contributed by atoms with van der Waals surface area (Å²) in [5.41, 5.74) is -0.435. The minimum absolute atomic E-state index is 0.252. The van der Waals surface area contributed by atoms with Crippen LogP contribution in [0.1, 0.15) is 34.1 Å². The van der Waals surface area contributed by atoms with Crippen LogP contribution in [0.25, 0.3) is 0 Å². The van der Waals surface area contributed by atoms with E-state index in [0.717, 1.165) is 10.9 Å². The summed E-state index contributed by atoms with van der Waals surface area (Å²) in [6.45, 7) is 8.04. The molecule has 0 fully saturated rings. The highest BCUT2D eigenvalue weighted by Gasteiger charge is 2.35. The Bertz CT molecular complexity index is 496. The molecular weight excluding hydrogens is 332 g/mol. The number of benzene rings is 1. The normalized spacial score (nSPS) is 11.3. The SMILES string of the molecule is CC(C)CCNC(=O)C(C)(C)C(=O)Nc1ccc(Br)cc1. The quantitative estimate of drug-likeness (QED) is 0.767. The molecule has 0 saturated carbocycles. The van der Waals surface area contributed by atoms with E-state index < -0.39 is 5.41 Å². The Balaban J connectivity index is 2.61. The predicted molar refractivity (Wildman–Crippen MR) is 89.0 cm³/mol. The fourth-order valence-electron chi connectivity index (χ4n) is 1.62. The number of nitrogens with one attached hydrogen (secondary N) is 2. The Morgan fingerprint density at radius 3 is 2.24 bits per heavy atom. The van der Waals surface area contributed by atoms with Crippen LogP contribution in [0.3, 0.4) is 0 Å². The van der Waals surface area contributed by atoms with Crippen LogP contribution in [0.4, 0.5) is 5.69 Å². The molecule has 4 nitrogen and oxygen atoms in total. The van der Waals surface area contributed by atoms with Crippen molar-refractivity contribution >= 4 is 33.4 Å². The van der Waals surface area contributed by atoms with Crippen LogP contribution in [0.15, 0.2) is 28.7 Å². The van der Waals surface area contributed by atoms with Crippen molar-refractivity contribution in [3.05, 3.63) is 28.7 Å². The number of carbonyl (C=O) groups is 2. The fourth-order valence-corrected chi connectivity index (χ4v) is 1.88. The van der Waals surface area contributed by atoms with Crippen molar-refractivity contribution < 1.29 is 9.59 Å². The molecule has 1 aromatic carbocycles. The maximum atomic E-state index is 12.3. The van der Waals surface area contributed by atoms with Crippen molar-refractivity contribution in [1.29, 1.82) is 0 Å². The van der Waals surface area contributed by atoms with Crippen LogP contribution in [0, 0.1) is 11.3 Å². The molecule has 21 heavy (non-hydrogen) atoms. The van der Waals surface area contributed by atoms with E-state index in [4.69, 9.17) is 0 Å². The molecule has 0 atom stereocenters. The summed E-state index contributed by atoms with van der Waals surface area (Å²) in [5.74, 6) is -0.0466. The van der Waals surface area contributed by atoms with Crippen LogP contribution in [-0.4, -0.2) is 18.4 Å². The first-order valence-electron chi connectivity index (χ1n) is 7.09. The van der Waals surface area contributed by atoms with Gasteiger partial charge in [0.05, 0.1) is 0 Å². The van der Waals surface area contributed by atoms with E-state index in [1.54, 1.807) is 26.0 Å². The molecule has 0 radical (unpaired) electrons. The van der Waals surface area contributed by atoms with E-state index in [0.29, 0.717) is 18.2 Å². The molecular formula is C16H23BrN2O2. The highest BCUT2D eigenvalue weighted by molar-refractivity contribution is 9.10. The van der Waals surface area contributed by atoms with Gasteiger partial charge in [-0.2, -0.15) is 0 Å². The third kappa shape index (κ3) is 5.50. The van der Waals surface area contributed by atoms with Crippen molar-refractivity contribution in [1.82, 2.24) is 5.32 Å². The van der Waals surface area contributed by atoms with Gasteiger partial charge in [0.25, 0.3) is 0 Å². The smallest absolute Gasteiger partial charge is 0.239 e. The maximum Gasteiger partial charge on any atom is 0.239 e. The average Bonchev–Trinajstić information content (AvgIpc) is 2.40. The zero-order chi connectivity index (χ0) is 16.0. The number of hydrogen-bond donors (Lipinski definition) is 2. The second-order valence-electron chi connectivity index (χ2n) is 6.02. The first kappa shape index (κ1) is 17.7. The zero-order valence-electron chi connectivity index (χ0n) is 13.0. The molecule has 2 N–H and O–H groups in total. The first-order valence-corrected chi connectivity index (χ1v) is 7.88. The third-order valence-corrected chi connectivity index (χ3v) is 3.77. The highest BCUT2D eigenvalue weighted by Crippen LogP contribution is 2.20. The van der Waals surface area contributed by atoms with Crippen molar-refractivity contribution in [3.63, 3.8) is 0 Å².